The Kier molecular flexibility index (Phi) is 5.66. The maximum Gasteiger partial charge on any atom is 0.188 e. The lowest BCUT2D eigenvalue weighted by Crippen LogP contribution is -2.16. The average molecular weight is 476 g/mol. The van der Waals surface area contributed by atoms with Crippen LogP contribution in [0.15, 0.2) is 30.0 Å². The molecule has 0 unspecified atom stereocenters. The third-order valence-electron chi connectivity index (χ3n) is 6.93. The second-order valence-corrected chi connectivity index (χ2v) is 10.1. The number of hydrogen-bond acceptors (Lipinski definition) is 7. The summed E-state index contributed by atoms with van der Waals surface area (Å²) in [7, 11) is 0. The lowest BCUT2D eigenvalue weighted by Gasteiger charge is -2.24. The number of aliphatic hydroxyl groups is 1. The number of aliphatic hydroxyl groups excluding tert-OH is 1. The van der Waals surface area contributed by atoms with Gasteiger partial charge in [0.05, 0.1) is 47.4 Å². The first-order valence-electron chi connectivity index (χ1n) is 12.1. The quantitative estimate of drug-likeness (QED) is 0.402. The number of nitrogens with one attached hydrogen (secondary N) is 1. The van der Waals surface area contributed by atoms with Crippen LogP contribution in [-0.4, -0.2) is 34.4 Å². The second kappa shape index (κ2) is 8.96. The Balaban J connectivity index is 1.28. The van der Waals surface area contributed by atoms with Gasteiger partial charge in [-0.3, -0.25) is 0 Å². The Morgan fingerprint density at radius 1 is 1.09 bits per heavy atom. The van der Waals surface area contributed by atoms with Gasteiger partial charge in [0.1, 0.15) is 11.5 Å². The van der Waals surface area contributed by atoms with Crippen molar-refractivity contribution in [1.82, 2.24) is 29.3 Å². The molecule has 0 spiro atoms. The third kappa shape index (κ3) is 3.92. The van der Waals surface area contributed by atoms with Gasteiger partial charge in [-0.05, 0) is 51.2 Å². The lowest BCUT2D eigenvalue weighted by molar-refractivity contribution is 0.276. The summed E-state index contributed by atoms with van der Waals surface area (Å²) >= 11 is 1.58. The molecule has 2 aliphatic carbocycles. The van der Waals surface area contributed by atoms with Crippen molar-refractivity contribution in [3.63, 3.8) is 0 Å². The Morgan fingerprint density at radius 3 is 2.76 bits per heavy atom. The molecule has 2 N–H and O–H groups in total. The molecule has 4 aromatic rings. The number of thiazole rings is 1. The van der Waals surface area contributed by atoms with Gasteiger partial charge < -0.3 is 15.0 Å². The first-order chi connectivity index (χ1) is 16.7. The minimum atomic E-state index is -0.150. The summed E-state index contributed by atoms with van der Waals surface area (Å²) < 4.78 is 4.15. The minimum Gasteiger partial charge on any atom is -0.390 e. The fourth-order valence-electron chi connectivity index (χ4n) is 5.23. The van der Waals surface area contributed by atoms with Gasteiger partial charge in [-0.25, -0.2) is 19.6 Å². The Bertz CT molecular complexity index is 1310. The summed E-state index contributed by atoms with van der Waals surface area (Å²) in [5.74, 6) is 1.13. The SMILES string of the molecule is Cc1cn(-c2ccc(-c3csc(Nc4c5c(nn4C4CCCCC4)CCC5)n3)nc2CO)cn1. The molecule has 0 radical (unpaired) electrons. The number of hydrogen-bond donors (Lipinski definition) is 2. The summed E-state index contributed by atoms with van der Waals surface area (Å²) in [5.41, 5.74) is 6.52. The summed E-state index contributed by atoms with van der Waals surface area (Å²) in [6, 6.07) is 4.40. The molecule has 4 aromatic heterocycles. The molecular weight excluding hydrogens is 446 g/mol. The molecule has 0 aromatic carbocycles. The zero-order valence-electron chi connectivity index (χ0n) is 19.4. The van der Waals surface area contributed by atoms with E-state index in [0.717, 1.165) is 46.6 Å². The van der Waals surface area contributed by atoms with Crippen LogP contribution in [0.3, 0.4) is 0 Å². The number of rotatable bonds is 6. The summed E-state index contributed by atoms with van der Waals surface area (Å²) in [5, 5.41) is 21.5. The van der Waals surface area contributed by atoms with Crippen molar-refractivity contribution in [2.45, 2.75) is 70.9 Å². The number of pyridine rings is 1. The van der Waals surface area contributed by atoms with Gasteiger partial charge in [-0.1, -0.05) is 19.3 Å². The molecule has 2 aliphatic rings. The van der Waals surface area contributed by atoms with Crippen LogP contribution in [0.2, 0.25) is 0 Å². The Labute approximate surface area is 202 Å². The van der Waals surface area contributed by atoms with E-state index in [2.05, 4.69) is 15.0 Å². The topological polar surface area (TPSA) is 93.7 Å². The monoisotopic (exact) mass is 475 g/mol. The third-order valence-corrected chi connectivity index (χ3v) is 7.69. The highest BCUT2D eigenvalue weighted by atomic mass is 32.1. The smallest absolute Gasteiger partial charge is 0.188 e. The summed E-state index contributed by atoms with van der Waals surface area (Å²) in [4.78, 5) is 13.8. The molecule has 8 nitrogen and oxygen atoms in total. The van der Waals surface area contributed by atoms with E-state index < -0.39 is 0 Å². The van der Waals surface area contributed by atoms with Gasteiger partial charge in [0.15, 0.2) is 5.13 Å². The number of nitrogens with zero attached hydrogens (tertiary/aromatic N) is 6. The van der Waals surface area contributed by atoms with Gasteiger partial charge in [0, 0.05) is 17.1 Å². The van der Waals surface area contributed by atoms with Crippen molar-refractivity contribution < 1.29 is 5.11 Å². The van der Waals surface area contributed by atoms with Crippen LogP contribution in [0, 0.1) is 6.92 Å². The number of fused-ring (bicyclic) bond motifs is 1. The fourth-order valence-corrected chi connectivity index (χ4v) is 5.93. The van der Waals surface area contributed by atoms with E-state index in [-0.39, 0.29) is 6.61 Å². The van der Waals surface area contributed by atoms with Crippen LogP contribution in [0.25, 0.3) is 17.1 Å². The fraction of sp³-hybridized carbons (Fsp3) is 0.440. The highest BCUT2D eigenvalue weighted by Gasteiger charge is 2.27. The van der Waals surface area contributed by atoms with Crippen molar-refractivity contribution in [3.05, 3.63) is 52.7 Å². The first-order valence-corrected chi connectivity index (χ1v) is 13.0. The van der Waals surface area contributed by atoms with E-state index >= 15 is 0 Å². The van der Waals surface area contributed by atoms with Crippen molar-refractivity contribution in [2.24, 2.45) is 0 Å². The minimum absolute atomic E-state index is 0.150. The van der Waals surface area contributed by atoms with E-state index in [0.29, 0.717) is 11.7 Å². The normalized spacial score (nSPS) is 16.2. The average Bonchev–Trinajstić information content (AvgIpc) is 3.65. The maximum atomic E-state index is 9.94. The van der Waals surface area contributed by atoms with E-state index in [9.17, 15) is 5.11 Å². The van der Waals surface area contributed by atoms with Crippen LogP contribution < -0.4 is 5.32 Å². The molecule has 0 saturated heterocycles. The molecule has 0 amide bonds. The Morgan fingerprint density at radius 2 is 1.97 bits per heavy atom. The highest BCUT2D eigenvalue weighted by Crippen LogP contribution is 2.38. The second-order valence-electron chi connectivity index (χ2n) is 9.27. The van der Waals surface area contributed by atoms with Gasteiger partial charge >= 0.3 is 0 Å². The summed E-state index contributed by atoms with van der Waals surface area (Å²) in [6.07, 6.45) is 13.3. The maximum absolute atomic E-state index is 9.94. The predicted octanol–water partition coefficient (Wildman–Crippen LogP) is 5.13. The van der Waals surface area contributed by atoms with Crippen LogP contribution in [0.4, 0.5) is 10.9 Å². The van der Waals surface area contributed by atoms with Crippen LogP contribution >= 0.6 is 11.3 Å². The van der Waals surface area contributed by atoms with E-state index in [1.54, 1.807) is 17.7 Å². The molecule has 4 heterocycles. The zero-order valence-corrected chi connectivity index (χ0v) is 20.2. The number of aromatic nitrogens is 6. The van der Waals surface area contributed by atoms with Crippen LogP contribution in [0.5, 0.6) is 0 Å². The number of imidazole rings is 1. The molecular formula is C25H29N7OS. The Hall–Kier alpha value is -3.04. The highest BCUT2D eigenvalue weighted by molar-refractivity contribution is 7.14. The molecule has 0 atom stereocenters. The van der Waals surface area contributed by atoms with Crippen molar-refractivity contribution in [1.29, 1.82) is 0 Å². The molecule has 176 valence electrons. The molecule has 9 heteroatoms. The zero-order chi connectivity index (χ0) is 23.1. The summed E-state index contributed by atoms with van der Waals surface area (Å²) in [6.45, 7) is 1.79. The molecule has 0 aliphatic heterocycles. The molecule has 1 saturated carbocycles. The van der Waals surface area contributed by atoms with E-state index in [1.807, 2.05) is 35.2 Å². The number of aryl methyl sites for hydroxylation is 2. The van der Waals surface area contributed by atoms with E-state index in [1.165, 1.54) is 49.8 Å². The molecule has 6 rings (SSSR count). The molecule has 34 heavy (non-hydrogen) atoms. The first kappa shape index (κ1) is 21.5. The predicted molar refractivity (Wildman–Crippen MR) is 133 cm³/mol. The van der Waals surface area contributed by atoms with Crippen LogP contribution in [-0.2, 0) is 19.4 Å². The van der Waals surface area contributed by atoms with Gasteiger partial charge in [0.25, 0.3) is 0 Å². The van der Waals surface area contributed by atoms with Crippen LogP contribution in [0.1, 0.15) is 67.2 Å². The number of anilines is 2. The van der Waals surface area contributed by atoms with Gasteiger partial charge in [0.2, 0.25) is 0 Å². The lowest BCUT2D eigenvalue weighted by atomic mass is 9.95. The molecule has 1 fully saturated rings. The van der Waals surface area contributed by atoms with Crippen molar-refractivity contribution in [2.75, 3.05) is 5.32 Å². The van der Waals surface area contributed by atoms with Crippen molar-refractivity contribution >= 4 is 22.3 Å². The largest absolute Gasteiger partial charge is 0.390 e. The standard InChI is InChI=1S/C25H29N7OS/c1-16-12-31(15-26-16)23-11-10-20(27-21(23)13-33)22-14-34-25(28-22)29-24-18-8-5-9-19(18)30-32(24)17-6-3-2-4-7-17/h10-12,14-15,17,33H,2-9,13H2,1H3,(H,28,29). The van der Waals surface area contributed by atoms with Gasteiger partial charge in [-0.2, -0.15) is 5.10 Å². The van der Waals surface area contributed by atoms with E-state index in [4.69, 9.17) is 15.1 Å². The van der Waals surface area contributed by atoms with Gasteiger partial charge in [-0.15, -0.1) is 11.3 Å². The molecule has 0 bridgehead atoms. The van der Waals surface area contributed by atoms with Crippen molar-refractivity contribution in [3.8, 4) is 17.1 Å².